The molecule has 0 unspecified atom stereocenters. The van der Waals surface area contributed by atoms with Crippen LogP contribution in [0.1, 0.15) is 51.9 Å². The van der Waals surface area contributed by atoms with Gasteiger partial charge in [-0.15, -0.1) is 0 Å². The Balaban J connectivity index is 1.58. The number of amides is 1. The molecule has 0 radical (unpaired) electrons. The number of hydrogen-bond acceptors (Lipinski definition) is 4. The predicted octanol–water partition coefficient (Wildman–Crippen LogP) is 1.81. The fraction of sp³-hybridized carbons (Fsp3) is 0.882. The highest BCUT2D eigenvalue weighted by Gasteiger charge is 2.59. The molecule has 1 heterocycles. The summed E-state index contributed by atoms with van der Waals surface area (Å²) in [6.45, 7) is 5.73. The monoisotopic (exact) mass is 308 g/mol. The molecular weight excluding hydrogens is 280 g/mol. The summed E-state index contributed by atoms with van der Waals surface area (Å²) in [5.74, 6) is -0.295. The Morgan fingerprint density at radius 2 is 1.77 bits per heavy atom. The second-order valence-electron chi connectivity index (χ2n) is 6.92. The summed E-state index contributed by atoms with van der Waals surface area (Å²) in [6.07, 6.45) is 7.63. The zero-order valence-electron chi connectivity index (χ0n) is 13.7. The molecule has 0 spiro atoms. The largest absolute Gasteiger partial charge is 0.465 e. The molecule has 0 bridgehead atoms. The molecule has 0 aromatic carbocycles. The first kappa shape index (κ1) is 15.8. The van der Waals surface area contributed by atoms with E-state index in [4.69, 9.17) is 4.74 Å². The van der Waals surface area contributed by atoms with Gasteiger partial charge in [0.2, 0.25) is 5.91 Å². The van der Waals surface area contributed by atoms with Crippen LogP contribution >= 0.6 is 0 Å². The second-order valence-corrected chi connectivity index (χ2v) is 6.92. The van der Waals surface area contributed by atoms with Crippen molar-refractivity contribution in [2.45, 2.75) is 57.9 Å². The zero-order chi connectivity index (χ0) is 15.6. The van der Waals surface area contributed by atoms with Crippen LogP contribution in [0.4, 0.5) is 0 Å². The molecule has 124 valence electrons. The van der Waals surface area contributed by atoms with Crippen molar-refractivity contribution in [2.24, 2.45) is 5.41 Å². The Morgan fingerprint density at radius 1 is 1.05 bits per heavy atom. The minimum absolute atomic E-state index is 0.0132. The molecule has 5 heteroatoms. The van der Waals surface area contributed by atoms with Crippen molar-refractivity contribution in [3.05, 3.63) is 0 Å². The number of carbonyl (C=O) groups excluding carboxylic acids is 2. The molecular formula is C17H28N2O3. The Hall–Kier alpha value is -1.10. The molecule has 2 aliphatic carbocycles. The molecule has 0 atom stereocenters. The summed E-state index contributed by atoms with van der Waals surface area (Å²) in [5, 5.41) is 0. The average Bonchev–Trinajstić information content (AvgIpc) is 3.23. The van der Waals surface area contributed by atoms with E-state index in [-0.39, 0.29) is 11.9 Å². The lowest BCUT2D eigenvalue weighted by Crippen LogP contribution is -2.44. The van der Waals surface area contributed by atoms with Crippen molar-refractivity contribution >= 4 is 11.9 Å². The first-order chi connectivity index (χ1) is 10.7. The summed E-state index contributed by atoms with van der Waals surface area (Å²) in [4.78, 5) is 29.4. The highest BCUT2D eigenvalue weighted by Crippen LogP contribution is 2.48. The van der Waals surface area contributed by atoms with Gasteiger partial charge in [-0.1, -0.05) is 12.8 Å². The van der Waals surface area contributed by atoms with Gasteiger partial charge in [0.05, 0.1) is 6.61 Å². The lowest BCUT2D eigenvalue weighted by molar-refractivity contribution is -0.157. The zero-order valence-corrected chi connectivity index (χ0v) is 13.7. The quantitative estimate of drug-likeness (QED) is 0.587. The Bertz CT molecular complexity index is 428. The topological polar surface area (TPSA) is 49.9 Å². The number of carbonyl (C=O) groups is 2. The molecule has 1 saturated heterocycles. The Morgan fingerprint density at radius 3 is 2.41 bits per heavy atom. The van der Waals surface area contributed by atoms with Crippen molar-refractivity contribution in [1.29, 1.82) is 0 Å². The van der Waals surface area contributed by atoms with Crippen molar-refractivity contribution in [3.63, 3.8) is 0 Å². The van der Waals surface area contributed by atoms with Crippen LogP contribution in [0, 0.1) is 5.41 Å². The van der Waals surface area contributed by atoms with Gasteiger partial charge >= 0.3 is 5.97 Å². The van der Waals surface area contributed by atoms with Crippen molar-refractivity contribution in [1.82, 2.24) is 9.80 Å². The third-order valence-electron chi connectivity index (χ3n) is 5.48. The highest BCUT2D eigenvalue weighted by atomic mass is 16.5. The summed E-state index contributed by atoms with van der Waals surface area (Å²) in [6, 6.07) is 0.718. The van der Waals surface area contributed by atoms with Crippen LogP contribution in [-0.4, -0.2) is 60.5 Å². The molecule has 3 rings (SSSR count). The molecule has 22 heavy (non-hydrogen) atoms. The normalized spacial score (nSPS) is 25.8. The maximum absolute atomic E-state index is 12.8. The van der Waals surface area contributed by atoms with Gasteiger partial charge in [-0.2, -0.15) is 0 Å². The molecule has 3 fully saturated rings. The van der Waals surface area contributed by atoms with E-state index < -0.39 is 5.41 Å². The summed E-state index contributed by atoms with van der Waals surface area (Å²) < 4.78 is 5.12. The van der Waals surface area contributed by atoms with Gasteiger partial charge in [0.1, 0.15) is 5.41 Å². The highest BCUT2D eigenvalue weighted by molar-refractivity contribution is 6.05. The smallest absolute Gasteiger partial charge is 0.321 e. The molecule has 5 nitrogen and oxygen atoms in total. The summed E-state index contributed by atoms with van der Waals surface area (Å²) >= 11 is 0. The second kappa shape index (κ2) is 6.57. The lowest BCUT2D eigenvalue weighted by Gasteiger charge is -2.28. The Kier molecular flexibility index (Phi) is 4.71. The van der Waals surface area contributed by atoms with Gasteiger partial charge in [0.25, 0.3) is 0 Å². The minimum Gasteiger partial charge on any atom is -0.465 e. The first-order valence-electron chi connectivity index (χ1n) is 8.88. The number of hydrogen-bond donors (Lipinski definition) is 0. The average molecular weight is 308 g/mol. The van der Waals surface area contributed by atoms with E-state index in [0.717, 1.165) is 38.6 Å². The number of rotatable bonds is 4. The lowest BCUT2D eigenvalue weighted by atomic mass is 10.1. The maximum atomic E-state index is 12.8. The van der Waals surface area contributed by atoms with Crippen LogP contribution in [-0.2, 0) is 14.3 Å². The van der Waals surface area contributed by atoms with Gasteiger partial charge in [0, 0.05) is 32.2 Å². The van der Waals surface area contributed by atoms with Crippen LogP contribution in [0.25, 0.3) is 0 Å². The van der Waals surface area contributed by atoms with Crippen LogP contribution in [0.15, 0.2) is 0 Å². The summed E-state index contributed by atoms with van der Waals surface area (Å²) in [5.41, 5.74) is -0.835. The fourth-order valence-corrected chi connectivity index (χ4v) is 3.98. The van der Waals surface area contributed by atoms with E-state index in [0.29, 0.717) is 19.4 Å². The number of ether oxygens (including phenoxy) is 1. The SMILES string of the molecule is CCOC(=O)C1(C(=O)N2CCCN(C3CCCC3)CC2)CC1. The molecule has 0 aromatic rings. The Labute approximate surface area is 133 Å². The summed E-state index contributed by atoms with van der Waals surface area (Å²) in [7, 11) is 0. The van der Waals surface area contributed by atoms with Crippen molar-refractivity contribution < 1.29 is 14.3 Å². The first-order valence-corrected chi connectivity index (χ1v) is 8.88. The number of esters is 1. The van der Waals surface area contributed by atoms with Crippen LogP contribution < -0.4 is 0 Å². The van der Waals surface area contributed by atoms with Crippen LogP contribution in [0.2, 0.25) is 0 Å². The van der Waals surface area contributed by atoms with E-state index in [1.165, 1.54) is 25.7 Å². The van der Waals surface area contributed by atoms with E-state index in [9.17, 15) is 9.59 Å². The minimum atomic E-state index is -0.835. The molecule has 1 aliphatic heterocycles. The van der Waals surface area contributed by atoms with E-state index >= 15 is 0 Å². The standard InChI is InChI=1S/C17H28N2O3/c1-2-22-16(21)17(8-9-17)15(20)19-11-5-10-18(12-13-19)14-6-3-4-7-14/h14H,2-13H2,1H3. The fourth-order valence-electron chi connectivity index (χ4n) is 3.98. The van der Waals surface area contributed by atoms with Gasteiger partial charge < -0.3 is 9.64 Å². The third-order valence-corrected chi connectivity index (χ3v) is 5.48. The maximum Gasteiger partial charge on any atom is 0.321 e. The number of nitrogens with zero attached hydrogens (tertiary/aromatic N) is 2. The molecule has 3 aliphatic rings. The van der Waals surface area contributed by atoms with Gasteiger partial charge in [-0.3, -0.25) is 14.5 Å². The van der Waals surface area contributed by atoms with E-state index in [2.05, 4.69) is 4.90 Å². The van der Waals surface area contributed by atoms with Gasteiger partial charge in [-0.05, 0) is 39.0 Å². The molecule has 1 amide bonds. The van der Waals surface area contributed by atoms with Gasteiger partial charge in [-0.25, -0.2) is 0 Å². The van der Waals surface area contributed by atoms with Crippen LogP contribution in [0.5, 0.6) is 0 Å². The van der Waals surface area contributed by atoms with E-state index in [1.54, 1.807) is 6.92 Å². The molecule has 2 saturated carbocycles. The van der Waals surface area contributed by atoms with Crippen molar-refractivity contribution in [2.75, 3.05) is 32.8 Å². The van der Waals surface area contributed by atoms with E-state index in [1.807, 2.05) is 4.90 Å². The van der Waals surface area contributed by atoms with Gasteiger partial charge in [0.15, 0.2) is 0 Å². The third kappa shape index (κ3) is 3.00. The van der Waals surface area contributed by atoms with Crippen molar-refractivity contribution in [3.8, 4) is 0 Å². The predicted molar refractivity (Wildman–Crippen MR) is 83.3 cm³/mol. The molecule has 0 aromatic heterocycles. The molecule has 0 N–H and O–H groups in total. The van der Waals surface area contributed by atoms with Crippen LogP contribution in [0.3, 0.4) is 0 Å².